The highest BCUT2D eigenvalue weighted by Crippen LogP contribution is 2.32. The molecule has 0 aliphatic heterocycles. The van der Waals surface area contributed by atoms with E-state index in [9.17, 15) is 0 Å². The Morgan fingerprint density at radius 2 is 1.96 bits per heavy atom. The van der Waals surface area contributed by atoms with Crippen molar-refractivity contribution in [3.05, 3.63) is 51.1 Å². The van der Waals surface area contributed by atoms with Crippen LogP contribution in [0, 0.1) is 20.8 Å². The van der Waals surface area contributed by atoms with Gasteiger partial charge in [-0.1, -0.05) is 18.2 Å². The monoisotopic (exact) mass is 327 g/mol. The van der Waals surface area contributed by atoms with E-state index in [0.29, 0.717) is 12.5 Å². The number of rotatable bonds is 5. The molecule has 1 unspecified atom stereocenters. The summed E-state index contributed by atoms with van der Waals surface area (Å²) in [4.78, 5) is 6.04. The van der Waals surface area contributed by atoms with Gasteiger partial charge in [0.1, 0.15) is 0 Å². The third kappa shape index (κ3) is 2.81. The van der Waals surface area contributed by atoms with Crippen LogP contribution in [0.3, 0.4) is 0 Å². The van der Waals surface area contributed by atoms with E-state index in [1.54, 1.807) is 11.3 Å². The Hall–Kier alpha value is -1.65. The highest BCUT2D eigenvalue weighted by molar-refractivity contribution is 7.11. The van der Waals surface area contributed by atoms with Crippen molar-refractivity contribution in [1.29, 1.82) is 0 Å². The molecule has 2 N–H and O–H groups in total. The first-order valence-corrected chi connectivity index (χ1v) is 9.09. The Labute approximate surface area is 142 Å². The van der Waals surface area contributed by atoms with E-state index in [0.717, 1.165) is 18.7 Å². The lowest BCUT2D eigenvalue weighted by Gasteiger charge is -2.13. The third-order valence-electron chi connectivity index (χ3n) is 4.81. The summed E-state index contributed by atoms with van der Waals surface area (Å²) < 4.78 is 2.40. The molecule has 3 nitrogen and oxygen atoms in total. The van der Waals surface area contributed by atoms with Gasteiger partial charge < -0.3 is 10.3 Å². The van der Waals surface area contributed by atoms with Crippen molar-refractivity contribution in [3.8, 4) is 0 Å². The van der Waals surface area contributed by atoms with Crippen LogP contribution < -0.4 is 5.73 Å². The SMILES string of the molecule is CCn1c(C)c(CC(CN)c2nc(C)c(C)s2)c2ccccc21. The summed E-state index contributed by atoms with van der Waals surface area (Å²) >= 11 is 1.79. The average molecular weight is 327 g/mol. The molecule has 4 heteroatoms. The molecule has 0 fully saturated rings. The molecular formula is C19H25N3S. The van der Waals surface area contributed by atoms with Crippen molar-refractivity contribution >= 4 is 22.2 Å². The van der Waals surface area contributed by atoms with Gasteiger partial charge in [0.2, 0.25) is 0 Å². The predicted molar refractivity (Wildman–Crippen MR) is 99.4 cm³/mol. The number of nitrogens with zero attached hydrogens (tertiary/aromatic N) is 2. The van der Waals surface area contributed by atoms with Gasteiger partial charge in [-0.25, -0.2) is 4.98 Å². The second-order valence-electron chi connectivity index (χ2n) is 6.16. The van der Waals surface area contributed by atoms with E-state index in [-0.39, 0.29) is 0 Å². The number of fused-ring (bicyclic) bond motifs is 1. The zero-order valence-corrected chi connectivity index (χ0v) is 15.2. The van der Waals surface area contributed by atoms with Crippen LogP contribution in [0.4, 0.5) is 0 Å². The normalized spacial score (nSPS) is 12.9. The Morgan fingerprint density at radius 3 is 2.57 bits per heavy atom. The Balaban J connectivity index is 2.04. The second-order valence-corrected chi connectivity index (χ2v) is 7.39. The molecule has 0 bridgehead atoms. The topological polar surface area (TPSA) is 43.8 Å². The molecule has 3 rings (SSSR count). The summed E-state index contributed by atoms with van der Waals surface area (Å²) in [6, 6.07) is 8.69. The van der Waals surface area contributed by atoms with E-state index < -0.39 is 0 Å². The zero-order chi connectivity index (χ0) is 16.6. The molecule has 122 valence electrons. The van der Waals surface area contributed by atoms with E-state index in [4.69, 9.17) is 10.7 Å². The van der Waals surface area contributed by atoms with Crippen molar-refractivity contribution in [2.24, 2.45) is 5.73 Å². The maximum atomic E-state index is 6.11. The van der Waals surface area contributed by atoms with Crippen molar-refractivity contribution in [3.63, 3.8) is 0 Å². The summed E-state index contributed by atoms with van der Waals surface area (Å²) in [7, 11) is 0. The highest BCUT2D eigenvalue weighted by Gasteiger charge is 2.20. The molecule has 2 heterocycles. The second kappa shape index (κ2) is 6.46. The minimum absolute atomic E-state index is 0.294. The minimum atomic E-state index is 0.294. The van der Waals surface area contributed by atoms with Gasteiger partial charge in [-0.15, -0.1) is 11.3 Å². The number of para-hydroxylation sites is 1. The third-order valence-corrected chi connectivity index (χ3v) is 6.04. The van der Waals surface area contributed by atoms with Gasteiger partial charge in [0.25, 0.3) is 0 Å². The number of aryl methyl sites for hydroxylation is 3. The van der Waals surface area contributed by atoms with Gasteiger partial charge in [0.15, 0.2) is 0 Å². The van der Waals surface area contributed by atoms with Crippen LogP contribution in [-0.2, 0) is 13.0 Å². The summed E-state index contributed by atoms with van der Waals surface area (Å²) in [6.45, 7) is 10.3. The molecule has 3 aromatic rings. The summed E-state index contributed by atoms with van der Waals surface area (Å²) in [5.74, 6) is 0.294. The maximum Gasteiger partial charge on any atom is 0.0977 e. The molecule has 0 saturated heterocycles. The first-order valence-electron chi connectivity index (χ1n) is 8.27. The number of hydrogen-bond donors (Lipinski definition) is 1. The van der Waals surface area contributed by atoms with Crippen LogP contribution in [0.25, 0.3) is 10.9 Å². The lowest BCUT2D eigenvalue weighted by atomic mass is 9.97. The van der Waals surface area contributed by atoms with Crippen LogP contribution in [-0.4, -0.2) is 16.1 Å². The van der Waals surface area contributed by atoms with Crippen LogP contribution in [0.2, 0.25) is 0 Å². The zero-order valence-electron chi connectivity index (χ0n) is 14.4. The minimum Gasteiger partial charge on any atom is -0.345 e. The standard InChI is InChI=1S/C19H25N3S/c1-5-22-13(3)17(16-8-6-7-9-18(16)22)10-15(11-20)19-21-12(2)14(4)23-19/h6-9,15H,5,10-11,20H2,1-4H3. The molecule has 0 amide bonds. The fraction of sp³-hybridized carbons (Fsp3) is 0.421. The molecule has 0 saturated carbocycles. The van der Waals surface area contributed by atoms with Crippen molar-refractivity contribution in [1.82, 2.24) is 9.55 Å². The van der Waals surface area contributed by atoms with E-state index >= 15 is 0 Å². The molecule has 0 spiro atoms. The van der Waals surface area contributed by atoms with Crippen molar-refractivity contribution in [2.75, 3.05) is 6.54 Å². The van der Waals surface area contributed by atoms with E-state index in [1.807, 2.05) is 0 Å². The predicted octanol–water partition coefficient (Wildman–Crippen LogP) is 4.33. The summed E-state index contributed by atoms with van der Waals surface area (Å²) in [5, 5.41) is 2.53. The average Bonchev–Trinajstić information content (AvgIpc) is 3.02. The number of benzene rings is 1. The van der Waals surface area contributed by atoms with E-state index in [1.165, 1.54) is 32.0 Å². The van der Waals surface area contributed by atoms with Crippen molar-refractivity contribution in [2.45, 2.75) is 46.6 Å². The highest BCUT2D eigenvalue weighted by atomic mass is 32.1. The summed E-state index contributed by atoms with van der Waals surface area (Å²) in [6.07, 6.45) is 0.961. The van der Waals surface area contributed by atoms with Gasteiger partial charge >= 0.3 is 0 Å². The molecule has 0 radical (unpaired) electrons. The smallest absolute Gasteiger partial charge is 0.0977 e. The van der Waals surface area contributed by atoms with Gasteiger partial charge in [-0.2, -0.15) is 0 Å². The van der Waals surface area contributed by atoms with Crippen LogP contribution in [0.1, 0.15) is 39.7 Å². The Kier molecular flexibility index (Phi) is 4.55. The molecule has 0 aliphatic carbocycles. The number of nitrogens with two attached hydrogens (primary N) is 1. The number of aromatic nitrogens is 2. The lowest BCUT2D eigenvalue weighted by molar-refractivity contribution is 0.678. The molecule has 1 aromatic carbocycles. The lowest BCUT2D eigenvalue weighted by Crippen LogP contribution is -2.15. The number of thiazole rings is 1. The van der Waals surface area contributed by atoms with Crippen molar-refractivity contribution < 1.29 is 0 Å². The molecular weight excluding hydrogens is 302 g/mol. The first-order chi connectivity index (χ1) is 11.1. The van der Waals surface area contributed by atoms with Gasteiger partial charge in [-0.05, 0) is 45.7 Å². The molecule has 0 aliphatic rings. The van der Waals surface area contributed by atoms with Crippen LogP contribution in [0.15, 0.2) is 24.3 Å². The maximum absolute atomic E-state index is 6.11. The van der Waals surface area contributed by atoms with Gasteiger partial charge in [-0.3, -0.25) is 0 Å². The fourth-order valence-electron chi connectivity index (χ4n) is 3.36. The first kappa shape index (κ1) is 16.2. The van der Waals surface area contributed by atoms with E-state index in [2.05, 4.69) is 56.5 Å². The Bertz CT molecular complexity index is 809. The summed E-state index contributed by atoms with van der Waals surface area (Å²) in [5.41, 5.74) is 11.3. The molecule has 23 heavy (non-hydrogen) atoms. The largest absolute Gasteiger partial charge is 0.345 e. The van der Waals surface area contributed by atoms with Gasteiger partial charge in [0.05, 0.1) is 10.7 Å². The Morgan fingerprint density at radius 1 is 1.22 bits per heavy atom. The quantitative estimate of drug-likeness (QED) is 0.758. The van der Waals surface area contributed by atoms with Crippen LogP contribution >= 0.6 is 11.3 Å². The molecule has 2 aromatic heterocycles. The number of hydrogen-bond acceptors (Lipinski definition) is 3. The van der Waals surface area contributed by atoms with Gasteiger partial charge in [0, 0.05) is 40.5 Å². The fourth-order valence-corrected chi connectivity index (χ4v) is 4.39. The van der Waals surface area contributed by atoms with Crippen LogP contribution in [0.5, 0.6) is 0 Å². The molecule has 1 atom stereocenters.